The van der Waals surface area contributed by atoms with E-state index in [4.69, 9.17) is 5.11 Å². The molecule has 0 heterocycles. The van der Waals surface area contributed by atoms with Crippen LogP contribution in [0.25, 0.3) is 0 Å². The largest absolute Gasteiger partial charge is 0.452 e. The van der Waals surface area contributed by atoms with Crippen LogP contribution in [-0.4, -0.2) is 38.9 Å². The maximum atomic E-state index is 11.3. The van der Waals surface area contributed by atoms with Gasteiger partial charge in [-0.15, -0.1) is 0 Å². The summed E-state index contributed by atoms with van der Waals surface area (Å²) >= 11 is 0. The van der Waals surface area contributed by atoms with Gasteiger partial charge >= 0.3 is 16.3 Å². The summed E-state index contributed by atoms with van der Waals surface area (Å²) in [5, 5.41) is 9.02. The van der Waals surface area contributed by atoms with Crippen LogP contribution in [-0.2, 0) is 14.9 Å². The van der Waals surface area contributed by atoms with Gasteiger partial charge < -0.3 is 9.84 Å². The second-order valence-electron chi connectivity index (χ2n) is 3.49. The number of rotatable bonds is 4. The highest BCUT2D eigenvalue weighted by atomic mass is 32.2. The topological polar surface area (TPSA) is 105 Å². The Hall–Kier alpha value is -0.860. The predicted octanol–water partition coefficient (Wildman–Crippen LogP) is -0.908. The first-order valence-electron chi connectivity index (χ1n) is 4.43. The van der Waals surface area contributed by atoms with Crippen molar-refractivity contribution in [1.82, 2.24) is 9.44 Å². The number of aliphatic hydroxyl groups is 1. The Morgan fingerprint density at radius 3 is 2.47 bits per heavy atom. The third kappa shape index (κ3) is 3.05. The monoisotopic (exact) mass is 238 g/mol. The molecular formula is C7H14N2O5S. The molecule has 0 saturated heterocycles. The maximum absolute atomic E-state index is 11.3. The minimum Gasteiger partial charge on any atom is -0.452 e. The van der Waals surface area contributed by atoms with Crippen LogP contribution in [0.3, 0.4) is 0 Å². The smallest absolute Gasteiger partial charge is 0.421 e. The summed E-state index contributed by atoms with van der Waals surface area (Å²) in [4.78, 5) is 10.7. The summed E-state index contributed by atoms with van der Waals surface area (Å²) in [7, 11) is -2.89. The van der Waals surface area contributed by atoms with Crippen LogP contribution in [0.2, 0.25) is 0 Å². The molecular weight excluding hydrogens is 224 g/mol. The van der Waals surface area contributed by atoms with Crippen LogP contribution < -0.4 is 9.44 Å². The lowest BCUT2D eigenvalue weighted by atomic mass is 9.78. The number of nitrogens with one attached hydrogen (secondary N) is 2. The highest BCUT2D eigenvalue weighted by Crippen LogP contribution is 2.31. The van der Waals surface area contributed by atoms with Crippen LogP contribution in [0.1, 0.15) is 19.3 Å². The maximum Gasteiger partial charge on any atom is 0.421 e. The average Bonchev–Trinajstić information content (AvgIpc) is 2.10. The molecule has 0 unspecified atom stereocenters. The molecule has 7 nitrogen and oxygen atoms in total. The summed E-state index contributed by atoms with van der Waals surface area (Å²) in [5.41, 5.74) is -0.820. The Labute approximate surface area is 88.0 Å². The molecule has 0 bridgehead atoms. The predicted molar refractivity (Wildman–Crippen MR) is 51.3 cm³/mol. The van der Waals surface area contributed by atoms with Crippen molar-refractivity contribution in [2.45, 2.75) is 24.8 Å². The summed E-state index contributed by atoms with van der Waals surface area (Å²) in [6.07, 6.45) is 0.910. The molecule has 0 aromatic rings. The molecule has 15 heavy (non-hydrogen) atoms. The molecule has 0 radical (unpaired) electrons. The lowest BCUT2D eigenvalue weighted by Crippen LogP contribution is -2.59. The van der Waals surface area contributed by atoms with Gasteiger partial charge in [0.1, 0.15) is 0 Å². The zero-order chi connectivity index (χ0) is 11.5. The molecule has 0 aliphatic heterocycles. The van der Waals surface area contributed by atoms with Gasteiger partial charge in [-0.1, -0.05) is 0 Å². The van der Waals surface area contributed by atoms with E-state index < -0.39 is 21.8 Å². The Bertz CT molecular complexity index is 330. The zero-order valence-electron chi connectivity index (χ0n) is 8.32. The van der Waals surface area contributed by atoms with E-state index in [0.717, 1.165) is 13.5 Å². The van der Waals surface area contributed by atoms with E-state index in [2.05, 4.69) is 9.46 Å². The molecule has 0 atom stereocenters. The minimum atomic E-state index is -3.96. The lowest BCUT2D eigenvalue weighted by Gasteiger charge is -2.40. The Morgan fingerprint density at radius 2 is 2.13 bits per heavy atom. The minimum absolute atomic E-state index is 0.283. The van der Waals surface area contributed by atoms with Crippen LogP contribution in [0, 0.1) is 0 Å². The van der Waals surface area contributed by atoms with Crippen molar-refractivity contribution in [1.29, 1.82) is 0 Å². The third-order valence-electron chi connectivity index (χ3n) is 2.37. The molecule has 0 spiro atoms. The molecule has 8 heteroatoms. The van der Waals surface area contributed by atoms with Crippen molar-refractivity contribution in [3.63, 3.8) is 0 Å². The zero-order valence-corrected chi connectivity index (χ0v) is 9.13. The van der Waals surface area contributed by atoms with Gasteiger partial charge in [0.2, 0.25) is 0 Å². The molecule has 88 valence electrons. The van der Waals surface area contributed by atoms with Crippen molar-refractivity contribution < 1.29 is 23.1 Å². The van der Waals surface area contributed by atoms with Crippen molar-refractivity contribution in [3.8, 4) is 0 Å². The first-order valence-corrected chi connectivity index (χ1v) is 5.92. The number of hydrogen-bond donors (Lipinski definition) is 3. The number of methoxy groups -OCH3 is 1. The van der Waals surface area contributed by atoms with E-state index in [1.54, 1.807) is 4.72 Å². The molecule has 3 N–H and O–H groups in total. The molecule has 0 aromatic heterocycles. The van der Waals surface area contributed by atoms with Crippen LogP contribution in [0.15, 0.2) is 0 Å². The second kappa shape index (κ2) is 4.33. The van der Waals surface area contributed by atoms with Gasteiger partial charge in [-0.05, 0) is 19.3 Å². The second-order valence-corrected chi connectivity index (χ2v) is 4.91. The number of aliphatic hydroxyl groups excluding tert-OH is 1. The van der Waals surface area contributed by atoms with E-state index in [1.807, 2.05) is 0 Å². The van der Waals surface area contributed by atoms with Crippen LogP contribution in [0.5, 0.6) is 0 Å². The molecule has 1 fully saturated rings. The fourth-order valence-electron chi connectivity index (χ4n) is 1.36. The van der Waals surface area contributed by atoms with E-state index >= 15 is 0 Å². The standard InChI is InChI=1S/C7H14N2O5S/c1-14-6(11)8-15(12,13)9-7(5-10)3-2-4-7/h9-10H,2-5H2,1H3,(H,8,11). The number of ether oxygens (including phenoxy) is 1. The first-order chi connectivity index (χ1) is 6.93. The Balaban J connectivity index is 2.59. The highest BCUT2D eigenvalue weighted by molar-refractivity contribution is 7.88. The summed E-state index contributed by atoms with van der Waals surface area (Å²) in [6.45, 7) is -0.283. The lowest BCUT2D eigenvalue weighted by molar-refractivity contribution is 0.110. The van der Waals surface area contributed by atoms with Crippen molar-refractivity contribution >= 4 is 16.3 Å². The highest BCUT2D eigenvalue weighted by Gasteiger charge is 2.40. The van der Waals surface area contributed by atoms with Gasteiger partial charge in [0.25, 0.3) is 0 Å². The van der Waals surface area contributed by atoms with Gasteiger partial charge in [0.15, 0.2) is 0 Å². The van der Waals surface area contributed by atoms with Gasteiger partial charge in [0.05, 0.1) is 19.3 Å². The van der Waals surface area contributed by atoms with Crippen molar-refractivity contribution in [3.05, 3.63) is 0 Å². The third-order valence-corrected chi connectivity index (χ3v) is 3.50. The molecule has 1 rings (SSSR count). The van der Waals surface area contributed by atoms with Gasteiger partial charge in [-0.25, -0.2) is 9.52 Å². The Kier molecular flexibility index (Phi) is 3.53. The first kappa shape index (κ1) is 12.2. The molecule has 1 aliphatic carbocycles. The van der Waals surface area contributed by atoms with Crippen LogP contribution in [0.4, 0.5) is 4.79 Å². The molecule has 1 aliphatic rings. The van der Waals surface area contributed by atoms with Crippen LogP contribution >= 0.6 is 0 Å². The molecule has 1 saturated carbocycles. The fraction of sp³-hybridized carbons (Fsp3) is 0.857. The van der Waals surface area contributed by atoms with E-state index in [-0.39, 0.29) is 6.61 Å². The molecule has 0 aromatic carbocycles. The van der Waals surface area contributed by atoms with Gasteiger partial charge in [-0.3, -0.25) is 0 Å². The number of hydrogen-bond acceptors (Lipinski definition) is 5. The molecule has 1 amide bonds. The quantitative estimate of drug-likeness (QED) is 0.588. The van der Waals surface area contributed by atoms with Gasteiger partial charge in [0, 0.05) is 0 Å². The Morgan fingerprint density at radius 1 is 1.53 bits per heavy atom. The van der Waals surface area contributed by atoms with E-state index in [9.17, 15) is 13.2 Å². The SMILES string of the molecule is COC(=O)NS(=O)(=O)NC1(CO)CCC1. The summed E-state index contributed by atoms with van der Waals surface area (Å²) in [5.74, 6) is 0. The van der Waals surface area contributed by atoms with Crippen molar-refractivity contribution in [2.75, 3.05) is 13.7 Å². The number of amides is 1. The average molecular weight is 238 g/mol. The normalized spacial score (nSPS) is 19.1. The van der Waals surface area contributed by atoms with Crippen molar-refractivity contribution in [2.24, 2.45) is 0 Å². The summed E-state index contributed by atoms with van der Waals surface area (Å²) < 4.78 is 30.7. The summed E-state index contributed by atoms with van der Waals surface area (Å²) in [6, 6.07) is 0. The van der Waals surface area contributed by atoms with E-state index in [0.29, 0.717) is 12.8 Å². The van der Waals surface area contributed by atoms with E-state index in [1.165, 1.54) is 0 Å². The fourth-order valence-corrected chi connectivity index (χ4v) is 2.55. The van der Waals surface area contributed by atoms with Gasteiger partial charge in [-0.2, -0.15) is 13.1 Å². The number of carbonyl (C=O) groups excluding carboxylic acids is 1. The number of carbonyl (C=O) groups is 1.